The number of benzene rings is 5. The Hall–Kier alpha value is -7.08. The predicted octanol–water partition coefficient (Wildman–Crippen LogP) is 5.75. The van der Waals surface area contributed by atoms with E-state index in [0.29, 0.717) is 11.1 Å². The minimum Gasteiger partial charge on any atom is -0.352 e. The highest BCUT2D eigenvalue weighted by atomic mass is 16.2. The van der Waals surface area contributed by atoms with Crippen LogP contribution in [-0.2, 0) is 19.2 Å². The van der Waals surface area contributed by atoms with Crippen LogP contribution in [0.1, 0.15) is 92.3 Å². The van der Waals surface area contributed by atoms with Gasteiger partial charge in [0.1, 0.15) is 0 Å². The SMILES string of the molecule is O=C(N[C@@H]1C[C@H]1c1ccccc1)[C@@H]1CN(C(=O)c2ccc(C(=O)N3C[C@@H](C(=O)N[C@@H]4C[C@H]4c4ccccc4)[C@H](C(=O)N[C@@H]4C[C@H]4c4ccccc4)C3)cc2)C[C@H]1C(=O)N[C@@H]1C[C@H]1c1ccccc1. The van der Waals surface area contributed by atoms with Crippen LogP contribution in [0.25, 0.3) is 0 Å². The number of likely N-dealkylation sites (tertiary alicyclic amines) is 2. The number of nitrogens with zero attached hydrogens (tertiary/aromatic N) is 2. The lowest BCUT2D eigenvalue weighted by molar-refractivity contribution is -0.133. The summed E-state index contributed by atoms with van der Waals surface area (Å²) in [4.78, 5) is 87.5. The number of hydrogen-bond donors (Lipinski definition) is 4. The van der Waals surface area contributed by atoms with Crippen molar-refractivity contribution in [2.24, 2.45) is 23.7 Å². The second-order valence-corrected chi connectivity index (χ2v) is 19.9. The van der Waals surface area contributed by atoms with Gasteiger partial charge in [-0.2, -0.15) is 0 Å². The molecule has 0 unspecified atom stereocenters. The number of carbonyl (C=O) groups is 6. The highest BCUT2D eigenvalue weighted by molar-refractivity contribution is 6.00. The number of nitrogens with one attached hydrogen (secondary N) is 4. The molecule has 6 fully saturated rings. The van der Waals surface area contributed by atoms with Crippen LogP contribution in [0.2, 0.25) is 0 Å². The maximum Gasteiger partial charge on any atom is 0.253 e. The number of amides is 6. The van der Waals surface area contributed by atoms with E-state index >= 15 is 0 Å². The van der Waals surface area contributed by atoms with Crippen molar-refractivity contribution in [3.05, 3.63) is 179 Å². The van der Waals surface area contributed by atoms with Crippen molar-refractivity contribution < 1.29 is 28.8 Å². The summed E-state index contributed by atoms with van der Waals surface area (Å²) in [6.45, 7) is 0.331. The zero-order chi connectivity index (χ0) is 46.5. The predicted molar refractivity (Wildman–Crippen MR) is 255 cm³/mol. The number of carbonyl (C=O) groups excluding carboxylic acids is 6. The second kappa shape index (κ2) is 18.2. The van der Waals surface area contributed by atoms with Crippen LogP contribution in [0, 0.1) is 23.7 Å². The van der Waals surface area contributed by atoms with E-state index in [9.17, 15) is 28.8 Å². The molecule has 346 valence electrons. The number of hydrogen-bond acceptors (Lipinski definition) is 6. The molecule has 6 amide bonds. The molecule has 2 saturated heterocycles. The normalized spacial score (nSPS) is 29.6. The van der Waals surface area contributed by atoms with E-state index in [1.807, 2.05) is 72.8 Å². The Morgan fingerprint density at radius 1 is 0.324 bits per heavy atom. The number of rotatable bonds is 14. The third-order valence-electron chi connectivity index (χ3n) is 15.3. The van der Waals surface area contributed by atoms with Crippen LogP contribution in [0.4, 0.5) is 0 Å². The molecule has 5 aromatic rings. The lowest BCUT2D eigenvalue weighted by Crippen LogP contribution is -2.43. The highest BCUT2D eigenvalue weighted by Gasteiger charge is 2.51. The third-order valence-corrected chi connectivity index (χ3v) is 15.3. The first-order valence-corrected chi connectivity index (χ1v) is 24.3. The second-order valence-electron chi connectivity index (χ2n) is 19.9. The lowest BCUT2D eigenvalue weighted by Gasteiger charge is -2.18. The summed E-state index contributed by atoms with van der Waals surface area (Å²) in [6.07, 6.45) is 3.27. The van der Waals surface area contributed by atoms with E-state index < -0.39 is 23.7 Å². The van der Waals surface area contributed by atoms with Gasteiger partial charge in [-0.15, -0.1) is 0 Å². The van der Waals surface area contributed by atoms with Crippen LogP contribution >= 0.6 is 0 Å². The molecular weight excluding hydrogens is 853 g/mol. The molecule has 0 spiro atoms. The standard InChI is InChI=1S/C56H56N6O6/c63-51(57-47-25-39(47)33-13-5-1-6-14-33)43-29-61(30-44(43)52(64)58-48-26-40(48)34-15-7-2-8-16-34)55(67)37-21-23-38(24-22-37)56(68)62-31-45(53(65)59-49-27-41(49)35-17-9-3-10-18-35)46(32-62)54(66)60-50-28-42(50)36-19-11-4-12-20-36/h1-24,39-50H,25-32H2,(H,57,63)(H,58,64)(H,59,65)(H,60,66)/t39-,40-,41-,42-,43+,44+,45+,46+,47+,48+,49+,50+/m0/s1. The van der Waals surface area contributed by atoms with Crippen molar-refractivity contribution in [1.82, 2.24) is 31.1 Å². The van der Waals surface area contributed by atoms with Gasteiger partial charge in [0, 0.05) is 85.1 Å². The molecule has 12 nitrogen and oxygen atoms in total. The van der Waals surface area contributed by atoms with E-state index in [1.54, 1.807) is 34.1 Å². The van der Waals surface area contributed by atoms with Gasteiger partial charge in [0.05, 0.1) is 23.7 Å². The van der Waals surface area contributed by atoms with Crippen LogP contribution in [0.3, 0.4) is 0 Å². The molecule has 12 atom stereocenters. The van der Waals surface area contributed by atoms with Crippen LogP contribution < -0.4 is 21.3 Å². The van der Waals surface area contributed by atoms with Crippen molar-refractivity contribution in [3.63, 3.8) is 0 Å². The summed E-state index contributed by atoms with van der Waals surface area (Å²) in [5.74, 6) is -3.68. The summed E-state index contributed by atoms with van der Waals surface area (Å²) >= 11 is 0. The zero-order valence-electron chi connectivity index (χ0n) is 37.8. The largest absolute Gasteiger partial charge is 0.352 e. The minimum atomic E-state index is -0.732. The Labute approximate surface area is 396 Å². The summed E-state index contributed by atoms with van der Waals surface area (Å²) in [5.41, 5.74) is 5.30. The van der Waals surface area contributed by atoms with Crippen molar-refractivity contribution in [3.8, 4) is 0 Å². The third kappa shape index (κ3) is 9.16. The van der Waals surface area contributed by atoms with Crippen molar-refractivity contribution in [2.45, 2.75) is 73.5 Å². The molecule has 6 aliphatic rings. The van der Waals surface area contributed by atoms with E-state index in [0.717, 1.165) is 47.9 Å². The maximum atomic E-state index is 14.2. The summed E-state index contributed by atoms with van der Waals surface area (Å²) in [7, 11) is 0. The Bertz CT molecular complexity index is 2370. The minimum absolute atomic E-state index is 0.0327. The van der Waals surface area contributed by atoms with Gasteiger partial charge in [0.25, 0.3) is 11.8 Å². The van der Waals surface area contributed by atoms with Gasteiger partial charge >= 0.3 is 0 Å². The molecule has 4 aliphatic carbocycles. The average Bonchev–Trinajstić information content (AvgIpc) is 4.31. The van der Waals surface area contributed by atoms with Gasteiger partial charge in [0.15, 0.2) is 0 Å². The fourth-order valence-electron chi connectivity index (χ4n) is 11.0. The van der Waals surface area contributed by atoms with E-state index in [4.69, 9.17) is 0 Å². The van der Waals surface area contributed by atoms with Gasteiger partial charge in [0.2, 0.25) is 23.6 Å². The van der Waals surface area contributed by atoms with Gasteiger partial charge in [-0.05, 0) is 72.2 Å². The smallest absolute Gasteiger partial charge is 0.253 e. The monoisotopic (exact) mass is 908 g/mol. The quantitative estimate of drug-likeness (QED) is 0.111. The molecule has 2 heterocycles. The Balaban J connectivity index is 0.756. The van der Waals surface area contributed by atoms with Gasteiger partial charge < -0.3 is 31.1 Å². The molecule has 68 heavy (non-hydrogen) atoms. The Morgan fingerprint density at radius 3 is 0.765 bits per heavy atom. The van der Waals surface area contributed by atoms with Crippen LogP contribution in [0.15, 0.2) is 146 Å². The first-order chi connectivity index (χ1) is 33.2. The van der Waals surface area contributed by atoms with Gasteiger partial charge in [-0.25, -0.2) is 0 Å². The fourth-order valence-corrected chi connectivity index (χ4v) is 11.0. The zero-order valence-corrected chi connectivity index (χ0v) is 37.8. The summed E-state index contributed by atoms with van der Waals surface area (Å²) < 4.78 is 0. The van der Waals surface area contributed by atoms with E-state index in [1.165, 1.54) is 0 Å². The molecule has 5 aromatic carbocycles. The van der Waals surface area contributed by atoms with Gasteiger partial charge in [-0.1, -0.05) is 121 Å². The average molecular weight is 909 g/mol. The first-order valence-electron chi connectivity index (χ1n) is 24.3. The van der Waals surface area contributed by atoms with E-state index in [2.05, 4.69) is 69.8 Å². The van der Waals surface area contributed by atoms with Crippen LogP contribution in [-0.4, -0.2) is 95.6 Å². The topological polar surface area (TPSA) is 157 Å². The molecule has 12 heteroatoms. The first kappa shape index (κ1) is 43.5. The summed E-state index contributed by atoms with van der Waals surface area (Å²) in [5, 5.41) is 12.8. The lowest BCUT2D eigenvalue weighted by atomic mass is 9.94. The highest BCUT2D eigenvalue weighted by Crippen LogP contribution is 2.44. The van der Waals surface area contributed by atoms with Crippen molar-refractivity contribution in [1.29, 1.82) is 0 Å². The molecule has 0 radical (unpaired) electrons. The Kier molecular flexibility index (Phi) is 11.6. The fraction of sp³-hybridized carbons (Fsp3) is 0.357. The molecule has 2 aliphatic heterocycles. The van der Waals surface area contributed by atoms with Crippen molar-refractivity contribution >= 4 is 35.4 Å². The Morgan fingerprint density at radius 2 is 0.544 bits per heavy atom. The molecule has 0 aromatic heterocycles. The molecular formula is C56H56N6O6. The van der Waals surface area contributed by atoms with E-state index in [-0.39, 0.29) is 109 Å². The molecule has 4 saturated carbocycles. The molecule has 0 bridgehead atoms. The maximum absolute atomic E-state index is 14.2. The molecule has 4 N–H and O–H groups in total. The van der Waals surface area contributed by atoms with Gasteiger partial charge in [-0.3, -0.25) is 28.8 Å². The van der Waals surface area contributed by atoms with Crippen molar-refractivity contribution in [2.75, 3.05) is 26.2 Å². The molecule has 11 rings (SSSR count). The summed E-state index contributed by atoms with van der Waals surface area (Å²) in [6, 6.07) is 46.5. The van der Waals surface area contributed by atoms with Crippen LogP contribution in [0.5, 0.6) is 0 Å².